The molecule has 24 heavy (non-hydrogen) atoms. The molecule has 0 saturated carbocycles. The van der Waals surface area contributed by atoms with Gasteiger partial charge in [-0.3, -0.25) is 0 Å². The Labute approximate surface area is 143 Å². The Morgan fingerprint density at radius 1 is 1.00 bits per heavy atom. The van der Waals surface area contributed by atoms with Crippen molar-refractivity contribution in [2.24, 2.45) is 0 Å². The summed E-state index contributed by atoms with van der Waals surface area (Å²) in [4.78, 5) is 11.7. The van der Waals surface area contributed by atoms with Gasteiger partial charge < -0.3 is 4.98 Å². The maximum atomic E-state index is 9.39. The lowest BCUT2D eigenvalue weighted by molar-refractivity contribution is 1.31. The number of benzene rings is 2. The molecule has 5 heteroatoms. The zero-order valence-electron chi connectivity index (χ0n) is 12.5. The molecule has 0 unspecified atom stereocenters. The van der Waals surface area contributed by atoms with Crippen LogP contribution in [-0.2, 0) is 0 Å². The maximum Gasteiger partial charge on any atom is 0.139 e. The van der Waals surface area contributed by atoms with Crippen LogP contribution in [0.2, 0.25) is 5.15 Å². The average molecular weight is 331 g/mol. The molecular formula is C19H11ClN4. The zero-order chi connectivity index (χ0) is 16.5. The molecule has 2 aromatic carbocycles. The van der Waals surface area contributed by atoms with Crippen molar-refractivity contribution in [2.45, 2.75) is 0 Å². The molecule has 0 radical (unpaired) electrons. The Kier molecular flexibility index (Phi) is 3.49. The highest BCUT2D eigenvalue weighted by Gasteiger charge is 2.19. The van der Waals surface area contributed by atoms with Crippen molar-refractivity contribution < 1.29 is 0 Å². The summed E-state index contributed by atoms with van der Waals surface area (Å²) in [6, 6.07) is 17.7. The van der Waals surface area contributed by atoms with E-state index >= 15 is 0 Å². The van der Waals surface area contributed by atoms with Crippen molar-refractivity contribution in [3.8, 4) is 28.5 Å². The van der Waals surface area contributed by atoms with E-state index in [-0.39, 0.29) is 0 Å². The van der Waals surface area contributed by atoms with E-state index in [2.05, 4.69) is 21.0 Å². The number of nitrogens with one attached hydrogen (secondary N) is 1. The quantitative estimate of drug-likeness (QED) is 0.536. The number of fused-ring (bicyclic) bond motifs is 1. The number of rotatable bonds is 2. The minimum Gasteiger partial charge on any atom is -0.345 e. The molecule has 0 atom stereocenters. The van der Waals surface area contributed by atoms with Gasteiger partial charge in [0.25, 0.3) is 0 Å². The van der Waals surface area contributed by atoms with Gasteiger partial charge in [0.05, 0.1) is 29.3 Å². The number of hydrogen-bond acceptors (Lipinski definition) is 3. The summed E-state index contributed by atoms with van der Waals surface area (Å²) in [5.41, 5.74) is 4.62. The number of para-hydroxylation sites is 1. The van der Waals surface area contributed by atoms with E-state index in [0.717, 1.165) is 27.8 Å². The number of halogens is 1. The van der Waals surface area contributed by atoms with Gasteiger partial charge in [0.1, 0.15) is 11.2 Å². The molecule has 114 valence electrons. The van der Waals surface area contributed by atoms with Crippen LogP contribution in [0.4, 0.5) is 0 Å². The van der Waals surface area contributed by atoms with E-state index in [9.17, 15) is 5.26 Å². The summed E-state index contributed by atoms with van der Waals surface area (Å²) in [5.74, 6) is 0. The highest BCUT2D eigenvalue weighted by molar-refractivity contribution is 6.34. The van der Waals surface area contributed by atoms with Gasteiger partial charge in [-0.1, -0.05) is 54.1 Å². The number of H-pyrrole nitrogens is 1. The SMILES string of the molecule is N#Cc1cccc2c(-c3ccccc3)c(-c3cnc[nH]3)c(Cl)nc12. The number of nitrogens with zero attached hydrogens (tertiary/aromatic N) is 3. The molecule has 4 aromatic rings. The first-order valence-corrected chi connectivity index (χ1v) is 7.74. The first kappa shape index (κ1) is 14.4. The number of nitriles is 1. The van der Waals surface area contributed by atoms with Crippen molar-refractivity contribution in [3.63, 3.8) is 0 Å². The second-order valence-electron chi connectivity index (χ2n) is 5.30. The fraction of sp³-hybridized carbons (Fsp3) is 0. The first-order valence-electron chi connectivity index (χ1n) is 7.36. The van der Waals surface area contributed by atoms with Gasteiger partial charge in [-0.05, 0) is 11.6 Å². The molecule has 2 heterocycles. The molecule has 0 fully saturated rings. The van der Waals surface area contributed by atoms with E-state index in [1.54, 1.807) is 18.6 Å². The number of hydrogen-bond donors (Lipinski definition) is 1. The highest BCUT2D eigenvalue weighted by atomic mass is 35.5. The fourth-order valence-electron chi connectivity index (χ4n) is 2.89. The molecule has 2 aromatic heterocycles. The van der Waals surface area contributed by atoms with E-state index in [0.29, 0.717) is 16.2 Å². The van der Waals surface area contributed by atoms with Crippen LogP contribution in [0.25, 0.3) is 33.3 Å². The van der Waals surface area contributed by atoms with Gasteiger partial charge in [-0.2, -0.15) is 5.26 Å². The van der Waals surface area contributed by atoms with Crippen LogP contribution in [0, 0.1) is 11.3 Å². The zero-order valence-corrected chi connectivity index (χ0v) is 13.2. The van der Waals surface area contributed by atoms with Gasteiger partial charge in [-0.15, -0.1) is 0 Å². The van der Waals surface area contributed by atoms with Crippen molar-refractivity contribution >= 4 is 22.5 Å². The lowest BCUT2D eigenvalue weighted by Crippen LogP contribution is -1.95. The second kappa shape index (κ2) is 5.80. The molecule has 0 aliphatic rings. The van der Waals surface area contributed by atoms with Gasteiger partial charge in [-0.25, -0.2) is 9.97 Å². The number of imidazole rings is 1. The molecule has 1 N–H and O–H groups in total. The summed E-state index contributed by atoms with van der Waals surface area (Å²) >= 11 is 6.51. The lowest BCUT2D eigenvalue weighted by Gasteiger charge is -2.14. The third-order valence-electron chi connectivity index (χ3n) is 3.92. The third kappa shape index (κ3) is 2.23. The van der Waals surface area contributed by atoms with Crippen LogP contribution in [0.5, 0.6) is 0 Å². The Bertz CT molecular complexity index is 1060. The van der Waals surface area contributed by atoms with Crippen LogP contribution < -0.4 is 0 Å². The standard InChI is InChI=1S/C19H11ClN4/c20-19-17(15-10-22-11-23-15)16(12-5-2-1-3-6-12)14-8-4-7-13(9-21)18(14)24-19/h1-8,10-11H,(H,22,23). The fourth-order valence-corrected chi connectivity index (χ4v) is 3.17. The first-order chi connectivity index (χ1) is 11.8. The monoisotopic (exact) mass is 330 g/mol. The summed E-state index contributed by atoms with van der Waals surface area (Å²) in [7, 11) is 0. The summed E-state index contributed by atoms with van der Waals surface area (Å²) in [5, 5.41) is 10.6. The van der Waals surface area contributed by atoms with Crippen molar-refractivity contribution in [2.75, 3.05) is 0 Å². The number of pyridine rings is 1. The minimum absolute atomic E-state index is 0.341. The topological polar surface area (TPSA) is 65.4 Å². The summed E-state index contributed by atoms with van der Waals surface area (Å²) < 4.78 is 0. The molecule has 0 amide bonds. The van der Waals surface area contributed by atoms with Crippen LogP contribution in [-0.4, -0.2) is 15.0 Å². The third-order valence-corrected chi connectivity index (χ3v) is 4.20. The number of aromatic amines is 1. The molecule has 0 aliphatic heterocycles. The van der Waals surface area contributed by atoms with Gasteiger partial charge in [0.2, 0.25) is 0 Å². The molecule has 4 nitrogen and oxygen atoms in total. The van der Waals surface area contributed by atoms with Crippen molar-refractivity contribution in [1.82, 2.24) is 15.0 Å². The predicted molar refractivity (Wildman–Crippen MR) is 94.5 cm³/mol. The molecule has 0 bridgehead atoms. The minimum atomic E-state index is 0.341. The van der Waals surface area contributed by atoms with E-state index in [1.807, 2.05) is 42.5 Å². The van der Waals surface area contributed by atoms with Crippen molar-refractivity contribution in [3.05, 3.63) is 71.8 Å². The van der Waals surface area contributed by atoms with E-state index < -0.39 is 0 Å². The Morgan fingerprint density at radius 3 is 2.54 bits per heavy atom. The molecule has 4 rings (SSSR count). The summed E-state index contributed by atoms with van der Waals surface area (Å²) in [6.07, 6.45) is 3.33. The molecule has 0 saturated heterocycles. The largest absolute Gasteiger partial charge is 0.345 e. The smallest absolute Gasteiger partial charge is 0.139 e. The van der Waals surface area contributed by atoms with Crippen LogP contribution in [0.3, 0.4) is 0 Å². The van der Waals surface area contributed by atoms with Crippen LogP contribution >= 0.6 is 11.6 Å². The van der Waals surface area contributed by atoms with Crippen LogP contribution in [0.1, 0.15) is 5.56 Å². The van der Waals surface area contributed by atoms with Crippen molar-refractivity contribution in [1.29, 1.82) is 5.26 Å². The Hall–Kier alpha value is -3.16. The van der Waals surface area contributed by atoms with Crippen LogP contribution in [0.15, 0.2) is 61.1 Å². The van der Waals surface area contributed by atoms with E-state index in [4.69, 9.17) is 11.6 Å². The normalized spacial score (nSPS) is 10.7. The Morgan fingerprint density at radius 2 is 1.83 bits per heavy atom. The second-order valence-corrected chi connectivity index (χ2v) is 5.66. The summed E-state index contributed by atoms with van der Waals surface area (Å²) in [6.45, 7) is 0. The van der Waals surface area contributed by atoms with Gasteiger partial charge in [0.15, 0.2) is 0 Å². The number of aromatic nitrogens is 3. The average Bonchev–Trinajstić information content (AvgIpc) is 3.15. The van der Waals surface area contributed by atoms with Gasteiger partial charge in [0, 0.05) is 16.5 Å². The maximum absolute atomic E-state index is 9.39. The van der Waals surface area contributed by atoms with E-state index in [1.165, 1.54) is 0 Å². The highest BCUT2D eigenvalue weighted by Crippen LogP contribution is 2.41. The molecule has 0 spiro atoms. The Balaban J connectivity index is 2.20. The molecular weight excluding hydrogens is 320 g/mol. The molecule has 0 aliphatic carbocycles. The predicted octanol–water partition coefficient (Wildman–Crippen LogP) is 4.82. The van der Waals surface area contributed by atoms with Gasteiger partial charge >= 0.3 is 0 Å². The lowest BCUT2D eigenvalue weighted by atomic mass is 9.94.